The molecule has 124 valence electrons. The van der Waals surface area contributed by atoms with E-state index in [9.17, 15) is 9.90 Å². The van der Waals surface area contributed by atoms with Crippen LogP contribution in [-0.2, 0) is 6.42 Å². The zero-order valence-corrected chi connectivity index (χ0v) is 14.7. The van der Waals surface area contributed by atoms with Gasteiger partial charge in [-0.25, -0.2) is 4.79 Å². The molecular weight excluding hydrogens is 354 g/mol. The van der Waals surface area contributed by atoms with Gasteiger partial charge in [-0.3, -0.25) is 0 Å². The van der Waals surface area contributed by atoms with E-state index in [1.165, 1.54) is 0 Å². The maximum atomic E-state index is 11.2. The molecule has 0 aliphatic rings. The molecule has 0 saturated heterocycles. The first-order valence-electron chi connectivity index (χ1n) is 7.77. The molecule has 0 atom stereocenters. The summed E-state index contributed by atoms with van der Waals surface area (Å²) >= 11 is 7.78. The molecule has 2 heterocycles. The lowest BCUT2D eigenvalue weighted by atomic mass is 9.98. The van der Waals surface area contributed by atoms with Crippen LogP contribution in [0.5, 0.6) is 0 Å². The van der Waals surface area contributed by atoms with Gasteiger partial charge in [-0.05, 0) is 46.8 Å². The van der Waals surface area contributed by atoms with E-state index in [0.717, 1.165) is 33.3 Å². The van der Waals surface area contributed by atoms with Crippen molar-refractivity contribution >= 4 is 39.8 Å². The quantitative estimate of drug-likeness (QED) is 0.476. The number of thiophene rings is 1. The highest BCUT2D eigenvalue weighted by Gasteiger charge is 2.15. The number of rotatable bonds is 4. The number of fused-ring (bicyclic) bond motifs is 1. The Balaban J connectivity index is 1.86. The van der Waals surface area contributed by atoms with Crippen LogP contribution in [0.3, 0.4) is 0 Å². The van der Waals surface area contributed by atoms with Gasteiger partial charge in [-0.15, -0.1) is 0 Å². The summed E-state index contributed by atoms with van der Waals surface area (Å²) in [6.07, 6.45) is 0.647. The molecule has 5 heteroatoms. The number of H-pyrrole nitrogens is 1. The molecule has 0 aliphatic heterocycles. The first-order valence-corrected chi connectivity index (χ1v) is 9.09. The number of aromatic carboxylic acids is 1. The van der Waals surface area contributed by atoms with Crippen LogP contribution in [0.4, 0.5) is 0 Å². The second kappa shape index (κ2) is 6.39. The van der Waals surface area contributed by atoms with E-state index < -0.39 is 5.97 Å². The predicted molar refractivity (Wildman–Crippen MR) is 103 cm³/mol. The summed E-state index contributed by atoms with van der Waals surface area (Å²) in [5.41, 5.74) is 5.58. The maximum Gasteiger partial charge on any atom is 0.335 e. The molecule has 0 amide bonds. The normalized spacial score (nSPS) is 11.1. The Hall–Kier alpha value is -2.56. The first-order chi connectivity index (χ1) is 12.1. The van der Waals surface area contributed by atoms with Crippen molar-refractivity contribution in [1.29, 1.82) is 0 Å². The summed E-state index contributed by atoms with van der Waals surface area (Å²) in [7, 11) is 0. The SMILES string of the molecule is O=C(O)c1cccc(Cc2c(-c3ccsc3)[nH]c3cc(Cl)ccc23)c1. The van der Waals surface area contributed by atoms with Crippen molar-refractivity contribution in [2.45, 2.75) is 6.42 Å². The van der Waals surface area contributed by atoms with E-state index in [1.807, 2.05) is 29.6 Å². The Labute approximate surface area is 153 Å². The van der Waals surface area contributed by atoms with Gasteiger partial charge < -0.3 is 10.1 Å². The van der Waals surface area contributed by atoms with E-state index in [0.29, 0.717) is 17.0 Å². The van der Waals surface area contributed by atoms with Gasteiger partial charge in [-0.2, -0.15) is 11.3 Å². The van der Waals surface area contributed by atoms with E-state index in [-0.39, 0.29) is 0 Å². The molecule has 0 unspecified atom stereocenters. The minimum atomic E-state index is -0.911. The molecule has 4 rings (SSSR count). The van der Waals surface area contributed by atoms with Gasteiger partial charge in [0.05, 0.1) is 11.3 Å². The van der Waals surface area contributed by atoms with Gasteiger partial charge in [0.25, 0.3) is 0 Å². The third-order valence-corrected chi connectivity index (χ3v) is 5.15. The van der Waals surface area contributed by atoms with Crippen molar-refractivity contribution in [3.8, 4) is 11.3 Å². The zero-order chi connectivity index (χ0) is 17.4. The molecule has 2 aromatic carbocycles. The molecule has 0 spiro atoms. The van der Waals surface area contributed by atoms with Crippen LogP contribution in [0.2, 0.25) is 5.02 Å². The van der Waals surface area contributed by atoms with E-state index in [4.69, 9.17) is 11.6 Å². The van der Waals surface area contributed by atoms with Crippen LogP contribution in [0, 0.1) is 0 Å². The van der Waals surface area contributed by atoms with Crippen LogP contribution in [0.15, 0.2) is 59.3 Å². The number of nitrogens with one attached hydrogen (secondary N) is 1. The van der Waals surface area contributed by atoms with Gasteiger partial charge in [0, 0.05) is 33.3 Å². The number of carboxylic acid groups (broad SMARTS) is 1. The summed E-state index contributed by atoms with van der Waals surface area (Å²) in [6, 6.07) is 15.0. The monoisotopic (exact) mass is 367 g/mol. The van der Waals surface area contributed by atoms with Crippen LogP contribution in [0.25, 0.3) is 22.2 Å². The fourth-order valence-electron chi connectivity index (χ4n) is 3.08. The number of hydrogen-bond donors (Lipinski definition) is 2. The lowest BCUT2D eigenvalue weighted by molar-refractivity contribution is 0.0697. The van der Waals surface area contributed by atoms with E-state index >= 15 is 0 Å². The zero-order valence-electron chi connectivity index (χ0n) is 13.1. The van der Waals surface area contributed by atoms with Crippen LogP contribution in [-0.4, -0.2) is 16.1 Å². The molecule has 3 nitrogen and oxygen atoms in total. The molecule has 0 radical (unpaired) electrons. The number of benzene rings is 2. The smallest absolute Gasteiger partial charge is 0.335 e. The van der Waals surface area contributed by atoms with Crippen molar-refractivity contribution in [3.05, 3.63) is 81.0 Å². The molecule has 0 fully saturated rings. The fourth-order valence-corrected chi connectivity index (χ4v) is 3.90. The minimum Gasteiger partial charge on any atom is -0.478 e. The highest BCUT2D eigenvalue weighted by Crippen LogP contribution is 2.34. The molecule has 0 bridgehead atoms. The van der Waals surface area contributed by atoms with Crippen molar-refractivity contribution in [3.63, 3.8) is 0 Å². The van der Waals surface area contributed by atoms with Crippen molar-refractivity contribution in [2.24, 2.45) is 0 Å². The summed E-state index contributed by atoms with van der Waals surface area (Å²) in [5, 5.41) is 15.2. The fraction of sp³-hybridized carbons (Fsp3) is 0.0500. The van der Waals surface area contributed by atoms with Gasteiger partial charge in [0.1, 0.15) is 0 Å². The largest absolute Gasteiger partial charge is 0.478 e. The summed E-state index contributed by atoms with van der Waals surface area (Å²) in [6.45, 7) is 0. The lowest BCUT2D eigenvalue weighted by Crippen LogP contribution is -1.98. The average molecular weight is 368 g/mol. The Bertz CT molecular complexity index is 1070. The highest BCUT2D eigenvalue weighted by molar-refractivity contribution is 7.08. The molecule has 4 aromatic rings. The molecule has 0 aliphatic carbocycles. The molecule has 0 saturated carbocycles. The standard InChI is InChI=1S/C20H14ClNO2S/c21-15-4-5-16-17(9-12-2-1-3-13(8-12)20(23)24)19(22-18(16)10-15)14-6-7-25-11-14/h1-8,10-11,22H,9H2,(H,23,24). The van der Waals surface area contributed by atoms with Crippen LogP contribution in [0.1, 0.15) is 21.5 Å². The third-order valence-electron chi connectivity index (χ3n) is 4.23. The van der Waals surface area contributed by atoms with E-state index in [2.05, 4.69) is 16.4 Å². The number of carboxylic acids is 1. The van der Waals surface area contributed by atoms with Gasteiger partial charge in [-0.1, -0.05) is 29.8 Å². The number of hydrogen-bond acceptors (Lipinski definition) is 2. The van der Waals surface area contributed by atoms with Crippen LogP contribution < -0.4 is 0 Å². The molecule has 25 heavy (non-hydrogen) atoms. The average Bonchev–Trinajstić information content (AvgIpc) is 3.23. The Morgan fingerprint density at radius 1 is 1.16 bits per heavy atom. The van der Waals surface area contributed by atoms with Crippen molar-refractivity contribution < 1.29 is 9.90 Å². The van der Waals surface area contributed by atoms with E-state index in [1.54, 1.807) is 29.5 Å². The predicted octanol–water partition coefficient (Wildman–Crippen LogP) is 5.84. The lowest BCUT2D eigenvalue weighted by Gasteiger charge is -2.06. The van der Waals surface area contributed by atoms with Gasteiger partial charge >= 0.3 is 5.97 Å². The summed E-state index contributed by atoms with van der Waals surface area (Å²) in [4.78, 5) is 14.7. The minimum absolute atomic E-state index is 0.303. The molecule has 2 N–H and O–H groups in total. The van der Waals surface area contributed by atoms with Crippen molar-refractivity contribution in [1.82, 2.24) is 4.98 Å². The highest BCUT2D eigenvalue weighted by atomic mass is 35.5. The number of carbonyl (C=O) groups is 1. The number of aromatic amines is 1. The number of aromatic nitrogens is 1. The van der Waals surface area contributed by atoms with Gasteiger partial charge in [0.15, 0.2) is 0 Å². The topological polar surface area (TPSA) is 53.1 Å². The Kier molecular flexibility index (Phi) is 4.07. The Morgan fingerprint density at radius 2 is 2.04 bits per heavy atom. The number of halogens is 1. The molecule has 2 aromatic heterocycles. The summed E-state index contributed by atoms with van der Waals surface area (Å²) in [5.74, 6) is -0.911. The second-order valence-corrected chi connectivity index (χ2v) is 7.08. The maximum absolute atomic E-state index is 11.2. The summed E-state index contributed by atoms with van der Waals surface area (Å²) < 4.78 is 0. The Morgan fingerprint density at radius 3 is 2.80 bits per heavy atom. The third kappa shape index (κ3) is 3.06. The van der Waals surface area contributed by atoms with Crippen LogP contribution >= 0.6 is 22.9 Å². The molecular formula is C20H14ClNO2S. The first kappa shape index (κ1) is 15.9. The second-order valence-electron chi connectivity index (χ2n) is 5.86. The van der Waals surface area contributed by atoms with Crippen molar-refractivity contribution in [2.75, 3.05) is 0 Å². The van der Waals surface area contributed by atoms with Gasteiger partial charge in [0.2, 0.25) is 0 Å².